The van der Waals surface area contributed by atoms with Crippen molar-refractivity contribution in [3.05, 3.63) is 30.1 Å². The fourth-order valence-corrected chi connectivity index (χ4v) is 2.32. The molecule has 1 aliphatic heterocycles. The maximum Gasteiger partial charge on any atom is 0.220 e. The van der Waals surface area contributed by atoms with Crippen molar-refractivity contribution >= 4 is 30.7 Å². The van der Waals surface area contributed by atoms with Crippen LogP contribution in [-0.2, 0) is 16.0 Å². The molecule has 1 saturated heterocycles. The Bertz CT molecular complexity index is 406. The Balaban J connectivity index is 0.00000200. The van der Waals surface area contributed by atoms with Crippen molar-refractivity contribution in [3.8, 4) is 0 Å². The molecule has 0 bridgehead atoms. The number of carbonyl (C=O) groups is 1. The number of carbonyl (C=O) groups excluding carboxylic acids is 1. The number of amides is 1. The number of rotatable bonds is 6. The molecule has 1 fully saturated rings. The minimum atomic E-state index is 0. The second kappa shape index (κ2) is 10.8. The van der Waals surface area contributed by atoms with Crippen LogP contribution in [0.25, 0.3) is 0 Å². The van der Waals surface area contributed by atoms with Crippen LogP contribution in [0, 0.1) is 5.92 Å². The summed E-state index contributed by atoms with van der Waals surface area (Å²) in [4.78, 5) is 15.7. The van der Waals surface area contributed by atoms with Gasteiger partial charge in [-0.15, -0.1) is 24.8 Å². The van der Waals surface area contributed by atoms with E-state index in [0.29, 0.717) is 32.1 Å². The van der Waals surface area contributed by atoms with E-state index in [1.165, 1.54) is 5.56 Å². The SMILES string of the molecule is Cl.Cl.NCCCC(=O)N[C@@H]1COC[C@H]1Cc1ccncc1. The summed E-state index contributed by atoms with van der Waals surface area (Å²) in [7, 11) is 0. The number of pyridine rings is 1. The van der Waals surface area contributed by atoms with Crippen LogP contribution in [0.3, 0.4) is 0 Å². The second-order valence-electron chi connectivity index (χ2n) is 4.92. The molecule has 1 aliphatic rings. The van der Waals surface area contributed by atoms with Crippen molar-refractivity contribution in [2.75, 3.05) is 19.8 Å². The molecule has 2 rings (SSSR count). The van der Waals surface area contributed by atoms with Gasteiger partial charge in [0.05, 0.1) is 19.3 Å². The number of aromatic nitrogens is 1. The van der Waals surface area contributed by atoms with E-state index in [1.807, 2.05) is 12.1 Å². The predicted molar refractivity (Wildman–Crippen MR) is 87.0 cm³/mol. The average Bonchev–Trinajstić information content (AvgIpc) is 2.85. The Morgan fingerprint density at radius 2 is 2.05 bits per heavy atom. The third-order valence-electron chi connectivity index (χ3n) is 3.40. The van der Waals surface area contributed by atoms with E-state index in [2.05, 4.69) is 10.3 Å². The minimum Gasteiger partial charge on any atom is -0.379 e. The van der Waals surface area contributed by atoms with E-state index < -0.39 is 0 Å². The molecule has 0 radical (unpaired) electrons. The van der Waals surface area contributed by atoms with Crippen molar-refractivity contribution < 1.29 is 9.53 Å². The first kappa shape index (κ1) is 20.1. The molecule has 0 unspecified atom stereocenters. The number of nitrogens with one attached hydrogen (secondary N) is 1. The van der Waals surface area contributed by atoms with Gasteiger partial charge in [-0.2, -0.15) is 0 Å². The van der Waals surface area contributed by atoms with Crippen LogP contribution in [0.4, 0.5) is 0 Å². The second-order valence-corrected chi connectivity index (χ2v) is 4.92. The lowest BCUT2D eigenvalue weighted by Gasteiger charge is -2.19. The molecule has 1 aromatic rings. The molecule has 7 heteroatoms. The van der Waals surface area contributed by atoms with Crippen LogP contribution in [0.15, 0.2) is 24.5 Å². The normalized spacial score (nSPS) is 20.2. The molecular formula is C14H23Cl2N3O2. The van der Waals surface area contributed by atoms with Crippen molar-refractivity contribution in [1.29, 1.82) is 0 Å². The monoisotopic (exact) mass is 335 g/mol. The van der Waals surface area contributed by atoms with E-state index in [-0.39, 0.29) is 36.8 Å². The molecular weight excluding hydrogens is 313 g/mol. The number of hydrogen-bond donors (Lipinski definition) is 2. The van der Waals surface area contributed by atoms with Gasteiger partial charge in [0.1, 0.15) is 0 Å². The number of nitrogens with two attached hydrogens (primary N) is 1. The molecule has 0 saturated carbocycles. The molecule has 2 heterocycles. The van der Waals surface area contributed by atoms with E-state index in [1.54, 1.807) is 12.4 Å². The molecule has 0 aromatic carbocycles. The highest BCUT2D eigenvalue weighted by Gasteiger charge is 2.29. The summed E-state index contributed by atoms with van der Waals surface area (Å²) in [6, 6.07) is 4.12. The Kier molecular flexibility index (Phi) is 10.3. The first-order valence-electron chi connectivity index (χ1n) is 6.75. The van der Waals surface area contributed by atoms with Gasteiger partial charge >= 0.3 is 0 Å². The molecule has 21 heavy (non-hydrogen) atoms. The Morgan fingerprint density at radius 3 is 2.71 bits per heavy atom. The zero-order valence-corrected chi connectivity index (χ0v) is 13.5. The summed E-state index contributed by atoms with van der Waals surface area (Å²) in [6.07, 6.45) is 5.72. The van der Waals surface area contributed by atoms with Gasteiger partial charge in [-0.1, -0.05) is 0 Å². The molecule has 120 valence electrons. The van der Waals surface area contributed by atoms with Crippen molar-refractivity contribution in [1.82, 2.24) is 10.3 Å². The van der Waals surface area contributed by atoms with Crippen LogP contribution >= 0.6 is 24.8 Å². The van der Waals surface area contributed by atoms with Gasteiger partial charge in [0.15, 0.2) is 0 Å². The molecule has 5 nitrogen and oxygen atoms in total. The van der Waals surface area contributed by atoms with Gasteiger partial charge in [0.2, 0.25) is 5.91 Å². The third-order valence-corrected chi connectivity index (χ3v) is 3.40. The molecule has 3 N–H and O–H groups in total. The van der Waals surface area contributed by atoms with Crippen molar-refractivity contribution in [3.63, 3.8) is 0 Å². The number of ether oxygens (including phenoxy) is 1. The smallest absolute Gasteiger partial charge is 0.220 e. The zero-order valence-electron chi connectivity index (χ0n) is 11.9. The Labute approximate surface area is 137 Å². The van der Waals surface area contributed by atoms with E-state index in [0.717, 1.165) is 12.8 Å². The van der Waals surface area contributed by atoms with Crippen LogP contribution in [-0.4, -0.2) is 36.7 Å². The lowest BCUT2D eigenvalue weighted by atomic mass is 9.95. The van der Waals surface area contributed by atoms with Gasteiger partial charge < -0.3 is 15.8 Å². The standard InChI is InChI=1S/C14H21N3O2.2ClH/c15-5-1-2-14(18)17-13-10-19-9-12(13)8-11-3-6-16-7-4-11;;/h3-4,6-7,12-13H,1-2,5,8-10,15H2,(H,17,18);2*1H/t12-,13-;;/m1../s1. The summed E-state index contributed by atoms with van der Waals surface area (Å²) in [5, 5.41) is 3.05. The van der Waals surface area contributed by atoms with Crippen LogP contribution in [0.5, 0.6) is 0 Å². The topological polar surface area (TPSA) is 77.2 Å². The molecule has 2 atom stereocenters. The maximum atomic E-state index is 11.7. The quantitative estimate of drug-likeness (QED) is 0.822. The maximum absolute atomic E-state index is 11.7. The lowest BCUT2D eigenvalue weighted by Crippen LogP contribution is -2.40. The van der Waals surface area contributed by atoms with Crippen LogP contribution in [0.2, 0.25) is 0 Å². The van der Waals surface area contributed by atoms with E-state index in [9.17, 15) is 4.79 Å². The summed E-state index contributed by atoms with van der Waals surface area (Å²) in [5.41, 5.74) is 6.63. The largest absolute Gasteiger partial charge is 0.379 e. The van der Waals surface area contributed by atoms with Gasteiger partial charge in [0.25, 0.3) is 0 Å². The lowest BCUT2D eigenvalue weighted by molar-refractivity contribution is -0.122. The first-order valence-corrected chi connectivity index (χ1v) is 6.75. The number of halogens is 2. The highest BCUT2D eigenvalue weighted by Crippen LogP contribution is 2.19. The average molecular weight is 336 g/mol. The van der Waals surface area contributed by atoms with Gasteiger partial charge in [-0.05, 0) is 37.1 Å². The predicted octanol–water partition coefficient (Wildman–Crippen LogP) is 1.34. The van der Waals surface area contributed by atoms with Gasteiger partial charge in [0, 0.05) is 24.7 Å². The summed E-state index contributed by atoms with van der Waals surface area (Å²) in [5.74, 6) is 0.407. The highest BCUT2D eigenvalue weighted by molar-refractivity contribution is 5.85. The fraction of sp³-hybridized carbons (Fsp3) is 0.571. The zero-order chi connectivity index (χ0) is 13.5. The summed E-state index contributed by atoms with van der Waals surface area (Å²) < 4.78 is 5.49. The van der Waals surface area contributed by atoms with Crippen LogP contribution in [0.1, 0.15) is 18.4 Å². The van der Waals surface area contributed by atoms with Crippen molar-refractivity contribution in [2.45, 2.75) is 25.3 Å². The Morgan fingerprint density at radius 1 is 1.33 bits per heavy atom. The van der Waals surface area contributed by atoms with Gasteiger partial charge in [-0.25, -0.2) is 0 Å². The molecule has 1 aromatic heterocycles. The summed E-state index contributed by atoms with van der Waals surface area (Å²) in [6.45, 7) is 1.85. The molecule has 0 spiro atoms. The number of nitrogens with zero attached hydrogens (tertiary/aromatic N) is 1. The van der Waals surface area contributed by atoms with E-state index >= 15 is 0 Å². The Hall–Kier alpha value is -0.880. The number of hydrogen-bond acceptors (Lipinski definition) is 4. The van der Waals surface area contributed by atoms with Crippen molar-refractivity contribution in [2.24, 2.45) is 11.7 Å². The van der Waals surface area contributed by atoms with E-state index in [4.69, 9.17) is 10.5 Å². The summed E-state index contributed by atoms with van der Waals surface area (Å²) >= 11 is 0. The van der Waals surface area contributed by atoms with Gasteiger partial charge in [-0.3, -0.25) is 9.78 Å². The fourth-order valence-electron chi connectivity index (χ4n) is 2.32. The molecule has 1 amide bonds. The first-order chi connectivity index (χ1) is 9.29. The molecule has 0 aliphatic carbocycles. The third kappa shape index (κ3) is 6.61. The minimum absolute atomic E-state index is 0. The van der Waals surface area contributed by atoms with Crippen LogP contribution < -0.4 is 11.1 Å². The highest BCUT2D eigenvalue weighted by atomic mass is 35.5.